The van der Waals surface area contributed by atoms with Crippen LogP contribution in [0.5, 0.6) is 28.7 Å². The summed E-state index contributed by atoms with van der Waals surface area (Å²) in [6, 6.07) is 8.26. The third-order valence-corrected chi connectivity index (χ3v) is 5.05. The number of methoxy groups -OCH3 is 2. The number of hydrogen-bond donors (Lipinski definition) is 4. The molecular weight excluding hydrogens is 364 g/mol. The molecule has 3 atom stereocenters. The van der Waals surface area contributed by atoms with Crippen LogP contribution in [-0.4, -0.2) is 46.9 Å². The van der Waals surface area contributed by atoms with Crippen LogP contribution in [0.15, 0.2) is 30.3 Å². The second-order valence-electron chi connectivity index (χ2n) is 7.01. The lowest BCUT2D eigenvalue weighted by Crippen LogP contribution is -2.31. The Morgan fingerprint density at radius 2 is 1.71 bits per heavy atom. The Kier molecular flexibility index (Phi) is 6.16. The van der Waals surface area contributed by atoms with Crippen molar-refractivity contribution in [1.82, 2.24) is 0 Å². The van der Waals surface area contributed by atoms with E-state index in [9.17, 15) is 20.4 Å². The Hall–Kier alpha value is -2.64. The highest BCUT2D eigenvalue weighted by Gasteiger charge is 2.30. The third kappa shape index (κ3) is 4.43. The van der Waals surface area contributed by atoms with E-state index in [-0.39, 0.29) is 29.1 Å². The molecule has 0 amide bonds. The topological polar surface area (TPSA) is 109 Å². The lowest BCUT2D eigenvalue weighted by Gasteiger charge is -2.34. The SMILES string of the molecule is COc1cc(CC[C@H]2C[C@@H](O)C[C@@H](c3cc(O)c(O)c(OC)c3)O2)ccc1O. The highest BCUT2D eigenvalue weighted by atomic mass is 16.5. The van der Waals surface area contributed by atoms with E-state index in [0.29, 0.717) is 37.0 Å². The molecule has 28 heavy (non-hydrogen) atoms. The Balaban J connectivity index is 1.70. The molecule has 1 saturated heterocycles. The Morgan fingerprint density at radius 3 is 2.43 bits per heavy atom. The van der Waals surface area contributed by atoms with Gasteiger partial charge < -0.3 is 34.6 Å². The molecule has 0 bridgehead atoms. The van der Waals surface area contributed by atoms with Gasteiger partial charge in [0.05, 0.1) is 32.5 Å². The lowest BCUT2D eigenvalue weighted by atomic mass is 9.93. The molecule has 152 valence electrons. The number of aromatic hydroxyl groups is 3. The van der Waals surface area contributed by atoms with Gasteiger partial charge in [0.15, 0.2) is 23.0 Å². The van der Waals surface area contributed by atoms with Crippen LogP contribution in [-0.2, 0) is 11.2 Å². The van der Waals surface area contributed by atoms with Gasteiger partial charge in [-0.2, -0.15) is 0 Å². The molecule has 1 heterocycles. The van der Waals surface area contributed by atoms with Crippen molar-refractivity contribution in [2.75, 3.05) is 14.2 Å². The van der Waals surface area contributed by atoms with Gasteiger partial charge in [0.1, 0.15) is 0 Å². The minimum Gasteiger partial charge on any atom is -0.504 e. The fraction of sp³-hybridized carbons (Fsp3) is 0.429. The third-order valence-electron chi connectivity index (χ3n) is 5.05. The summed E-state index contributed by atoms with van der Waals surface area (Å²) in [7, 11) is 2.91. The summed E-state index contributed by atoms with van der Waals surface area (Å²) in [5, 5.41) is 39.7. The fourth-order valence-electron chi connectivity index (χ4n) is 3.55. The number of rotatable bonds is 6. The number of phenols is 3. The summed E-state index contributed by atoms with van der Waals surface area (Å²) in [4.78, 5) is 0. The maximum absolute atomic E-state index is 10.3. The standard InChI is InChI=1S/C21H26O7/c1-26-19-7-12(4-6-16(19)23)3-5-15-10-14(22)11-18(28-15)13-8-17(24)21(25)20(9-13)27-2/h4,6-9,14-15,18,22-25H,3,5,10-11H2,1-2H3/t14-,15+,18+/m1/s1. The monoisotopic (exact) mass is 390 g/mol. The summed E-state index contributed by atoms with van der Waals surface area (Å²) in [6.07, 6.45) is 1.19. The molecule has 0 saturated carbocycles. The number of phenolic OH excluding ortho intramolecular Hbond substituents is 3. The molecule has 0 aliphatic carbocycles. The summed E-state index contributed by atoms with van der Waals surface area (Å²) < 4.78 is 16.4. The molecule has 7 heteroatoms. The van der Waals surface area contributed by atoms with Crippen LogP contribution >= 0.6 is 0 Å². The maximum atomic E-state index is 10.3. The van der Waals surface area contributed by atoms with Gasteiger partial charge in [0.25, 0.3) is 0 Å². The van der Waals surface area contributed by atoms with E-state index in [1.165, 1.54) is 20.3 Å². The average molecular weight is 390 g/mol. The van der Waals surface area contributed by atoms with E-state index in [0.717, 1.165) is 5.56 Å². The summed E-state index contributed by atoms with van der Waals surface area (Å²) in [5.74, 6) is 0.0703. The van der Waals surface area contributed by atoms with Gasteiger partial charge in [-0.1, -0.05) is 6.07 Å². The van der Waals surface area contributed by atoms with Crippen LogP contribution in [0, 0.1) is 0 Å². The van der Waals surface area contributed by atoms with Crippen LogP contribution in [0.4, 0.5) is 0 Å². The van der Waals surface area contributed by atoms with Gasteiger partial charge in [-0.25, -0.2) is 0 Å². The predicted molar refractivity (Wildman–Crippen MR) is 102 cm³/mol. The molecule has 2 aromatic rings. The van der Waals surface area contributed by atoms with Crippen molar-refractivity contribution in [2.45, 2.75) is 44.0 Å². The van der Waals surface area contributed by atoms with Gasteiger partial charge >= 0.3 is 0 Å². The maximum Gasteiger partial charge on any atom is 0.200 e. The van der Waals surface area contributed by atoms with E-state index in [1.54, 1.807) is 18.2 Å². The van der Waals surface area contributed by atoms with Crippen molar-refractivity contribution in [2.24, 2.45) is 0 Å². The van der Waals surface area contributed by atoms with Gasteiger partial charge in [-0.05, 0) is 54.7 Å². The van der Waals surface area contributed by atoms with Crippen molar-refractivity contribution in [3.63, 3.8) is 0 Å². The number of aliphatic hydroxyl groups excluding tert-OH is 1. The predicted octanol–water partition coefficient (Wildman–Crippen LogP) is 3.03. The first kappa shape index (κ1) is 20.1. The van der Waals surface area contributed by atoms with Crippen LogP contribution < -0.4 is 9.47 Å². The molecule has 1 aliphatic heterocycles. The number of hydrogen-bond acceptors (Lipinski definition) is 7. The van der Waals surface area contributed by atoms with E-state index in [2.05, 4.69) is 0 Å². The number of benzene rings is 2. The first-order valence-electron chi connectivity index (χ1n) is 9.20. The molecular formula is C21H26O7. The molecule has 7 nitrogen and oxygen atoms in total. The molecule has 4 N–H and O–H groups in total. The molecule has 1 aliphatic rings. The van der Waals surface area contributed by atoms with Crippen molar-refractivity contribution in [1.29, 1.82) is 0 Å². The fourth-order valence-corrected chi connectivity index (χ4v) is 3.55. The molecule has 0 unspecified atom stereocenters. The highest BCUT2D eigenvalue weighted by molar-refractivity contribution is 5.52. The summed E-state index contributed by atoms with van der Waals surface area (Å²) in [5.41, 5.74) is 1.64. The lowest BCUT2D eigenvalue weighted by molar-refractivity contribution is -0.0999. The van der Waals surface area contributed by atoms with Crippen LogP contribution in [0.1, 0.15) is 36.5 Å². The zero-order chi connectivity index (χ0) is 20.3. The Bertz CT molecular complexity index is 821. The largest absolute Gasteiger partial charge is 0.504 e. The van der Waals surface area contributed by atoms with Crippen molar-refractivity contribution >= 4 is 0 Å². The first-order chi connectivity index (χ1) is 13.4. The minimum atomic E-state index is -0.528. The highest BCUT2D eigenvalue weighted by Crippen LogP contribution is 2.41. The zero-order valence-corrected chi connectivity index (χ0v) is 16.0. The molecule has 2 aromatic carbocycles. The van der Waals surface area contributed by atoms with E-state index >= 15 is 0 Å². The molecule has 3 rings (SSSR count). The molecule has 0 spiro atoms. The number of aliphatic hydroxyl groups is 1. The quantitative estimate of drug-likeness (QED) is 0.562. The summed E-state index contributed by atoms with van der Waals surface area (Å²) >= 11 is 0. The van der Waals surface area contributed by atoms with Crippen molar-refractivity contribution in [3.05, 3.63) is 41.5 Å². The van der Waals surface area contributed by atoms with Crippen LogP contribution in [0.3, 0.4) is 0 Å². The van der Waals surface area contributed by atoms with Crippen molar-refractivity contribution in [3.8, 4) is 28.7 Å². The Labute approximate surface area is 163 Å². The van der Waals surface area contributed by atoms with Crippen molar-refractivity contribution < 1.29 is 34.6 Å². The van der Waals surface area contributed by atoms with Crippen LogP contribution in [0.25, 0.3) is 0 Å². The number of aryl methyl sites for hydroxylation is 1. The van der Waals surface area contributed by atoms with Gasteiger partial charge in [0, 0.05) is 6.42 Å². The van der Waals surface area contributed by atoms with E-state index in [1.807, 2.05) is 6.07 Å². The summed E-state index contributed by atoms with van der Waals surface area (Å²) in [6.45, 7) is 0. The minimum absolute atomic E-state index is 0.0942. The van der Waals surface area contributed by atoms with Gasteiger partial charge in [0.2, 0.25) is 5.75 Å². The first-order valence-corrected chi connectivity index (χ1v) is 9.20. The average Bonchev–Trinajstić information content (AvgIpc) is 2.68. The van der Waals surface area contributed by atoms with Crippen LogP contribution in [0.2, 0.25) is 0 Å². The number of ether oxygens (including phenoxy) is 3. The molecule has 0 radical (unpaired) electrons. The van der Waals surface area contributed by atoms with Gasteiger partial charge in [-0.15, -0.1) is 0 Å². The van der Waals surface area contributed by atoms with Gasteiger partial charge in [-0.3, -0.25) is 0 Å². The smallest absolute Gasteiger partial charge is 0.200 e. The second-order valence-corrected chi connectivity index (χ2v) is 7.01. The molecule has 1 fully saturated rings. The van der Waals surface area contributed by atoms with E-state index < -0.39 is 12.2 Å². The zero-order valence-electron chi connectivity index (χ0n) is 16.0. The molecule has 0 aromatic heterocycles. The van der Waals surface area contributed by atoms with E-state index in [4.69, 9.17) is 14.2 Å². The Morgan fingerprint density at radius 1 is 0.964 bits per heavy atom. The second kappa shape index (κ2) is 8.58. The normalized spacial score (nSPS) is 22.0.